The minimum Gasteiger partial charge on any atom is -0.504 e. The van der Waals surface area contributed by atoms with E-state index in [-0.39, 0.29) is 17.1 Å². The summed E-state index contributed by atoms with van der Waals surface area (Å²) in [5, 5.41) is 27.3. The lowest BCUT2D eigenvalue weighted by Crippen LogP contribution is -2.08. The minimum absolute atomic E-state index is 0.211. The van der Waals surface area contributed by atoms with Crippen molar-refractivity contribution in [1.82, 2.24) is 0 Å². The van der Waals surface area contributed by atoms with E-state index >= 15 is 0 Å². The summed E-state index contributed by atoms with van der Waals surface area (Å²) in [4.78, 5) is 21.6. The van der Waals surface area contributed by atoms with Gasteiger partial charge in [-0.15, -0.1) is 0 Å². The van der Waals surface area contributed by atoms with Gasteiger partial charge in [0, 0.05) is 0 Å². The van der Waals surface area contributed by atoms with Crippen molar-refractivity contribution in [1.29, 1.82) is 0 Å². The molecule has 0 atom stereocenters. The van der Waals surface area contributed by atoms with Crippen LogP contribution in [0.2, 0.25) is 0 Å². The van der Waals surface area contributed by atoms with Crippen LogP contribution in [-0.4, -0.2) is 27.3 Å². The molecule has 3 N–H and O–H groups in total. The first-order valence-electron chi connectivity index (χ1n) is 5.14. The molecule has 1 aromatic carbocycles. The van der Waals surface area contributed by atoms with Gasteiger partial charge in [0.15, 0.2) is 11.5 Å². The fourth-order valence-corrected chi connectivity index (χ4v) is 1.25. The van der Waals surface area contributed by atoms with Crippen LogP contribution in [0.4, 0.5) is 0 Å². The topological polar surface area (TPSA) is 104 Å². The van der Waals surface area contributed by atoms with Crippen LogP contribution < -0.4 is 4.74 Å². The van der Waals surface area contributed by atoms with E-state index in [0.29, 0.717) is 6.42 Å². The van der Waals surface area contributed by atoms with Crippen LogP contribution in [0.5, 0.6) is 11.5 Å². The lowest BCUT2D eigenvalue weighted by atomic mass is 10.2. The molecule has 0 radical (unpaired) electrons. The lowest BCUT2D eigenvalue weighted by Gasteiger charge is -2.09. The highest BCUT2D eigenvalue weighted by molar-refractivity contribution is 5.92. The molecule has 0 fully saturated rings. The molecule has 0 bridgehead atoms. The zero-order valence-corrected chi connectivity index (χ0v) is 9.58. The van der Waals surface area contributed by atoms with Crippen molar-refractivity contribution in [3.63, 3.8) is 0 Å². The SMILES string of the molecule is CCC=C(Oc1cccc(C(=O)O)c1O)C(=O)O. The van der Waals surface area contributed by atoms with Gasteiger partial charge in [-0.25, -0.2) is 9.59 Å². The molecule has 0 aliphatic carbocycles. The Morgan fingerprint density at radius 1 is 1.33 bits per heavy atom. The Hall–Kier alpha value is -2.50. The molecule has 1 rings (SSSR count). The van der Waals surface area contributed by atoms with Crippen LogP contribution in [-0.2, 0) is 4.79 Å². The molecule has 1 aromatic rings. The first-order valence-corrected chi connectivity index (χ1v) is 5.14. The molecule has 0 saturated heterocycles. The zero-order chi connectivity index (χ0) is 13.7. The minimum atomic E-state index is -1.32. The number of aliphatic carboxylic acids is 1. The third-order valence-electron chi connectivity index (χ3n) is 2.05. The van der Waals surface area contributed by atoms with Crippen molar-refractivity contribution in [3.8, 4) is 11.5 Å². The number of hydrogen-bond acceptors (Lipinski definition) is 4. The third kappa shape index (κ3) is 3.00. The van der Waals surface area contributed by atoms with E-state index in [4.69, 9.17) is 14.9 Å². The van der Waals surface area contributed by atoms with E-state index in [0.717, 1.165) is 0 Å². The Bertz CT molecular complexity index is 503. The third-order valence-corrected chi connectivity index (χ3v) is 2.05. The molecule has 0 heterocycles. The fourth-order valence-electron chi connectivity index (χ4n) is 1.25. The number of allylic oxidation sites excluding steroid dienone is 1. The van der Waals surface area contributed by atoms with Crippen LogP contribution in [0.25, 0.3) is 0 Å². The molecule has 96 valence electrons. The number of aromatic hydroxyl groups is 1. The zero-order valence-electron chi connectivity index (χ0n) is 9.58. The Balaban J connectivity index is 3.11. The lowest BCUT2D eigenvalue weighted by molar-refractivity contribution is -0.135. The van der Waals surface area contributed by atoms with Crippen molar-refractivity contribution in [2.45, 2.75) is 13.3 Å². The van der Waals surface area contributed by atoms with Crippen molar-refractivity contribution >= 4 is 11.9 Å². The average Bonchev–Trinajstić information content (AvgIpc) is 2.30. The molecule has 0 aliphatic heterocycles. The van der Waals surface area contributed by atoms with Crippen molar-refractivity contribution in [2.24, 2.45) is 0 Å². The van der Waals surface area contributed by atoms with Gasteiger partial charge in [0.05, 0.1) is 0 Å². The number of rotatable bonds is 5. The van der Waals surface area contributed by atoms with Gasteiger partial charge in [-0.2, -0.15) is 0 Å². The highest BCUT2D eigenvalue weighted by Crippen LogP contribution is 2.31. The molecule has 0 spiro atoms. The van der Waals surface area contributed by atoms with Crippen LogP contribution in [0.3, 0.4) is 0 Å². The second-order valence-electron chi connectivity index (χ2n) is 3.34. The quantitative estimate of drug-likeness (QED) is 0.545. The highest BCUT2D eigenvalue weighted by atomic mass is 16.5. The summed E-state index contributed by atoms with van der Waals surface area (Å²) >= 11 is 0. The molecule has 6 nitrogen and oxygen atoms in total. The fraction of sp³-hybridized carbons (Fsp3) is 0.167. The molecule has 18 heavy (non-hydrogen) atoms. The van der Waals surface area contributed by atoms with Crippen LogP contribution in [0.15, 0.2) is 30.0 Å². The Morgan fingerprint density at radius 2 is 2.00 bits per heavy atom. The number of para-hydroxylation sites is 1. The molecule has 6 heteroatoms. The van der Waals surface area contributed by atoms with Gasteiger partial charge >= 0.3 is 11.9 Å². The number of carboxylic acid groups (broad SMARTS) is 2. The van der Waals surface area contributed by atoms with Crippen molar-refractivity contribution in [3.05, 3.63) is 35.6 Å². The van der Waals surface area contributed by atoms with E-state index < -0.39 is 17.7 Å². The number of hydrogen-bond donors (Lipinski definition) is 3. The van der Waals surface area contributed by atoms with Gasteiger partial charge in [-0.05, 0) is 24.6 Å². The van der Waals surface area contributed by atoms with Crippen LogP contribution >= 0.6 is 0 Å². The molecule has 0 saturated carbocycles. The maximum Gasteiger partial charge on any atom is 0.371 e. The van der Waals surface area contributed by atoms with Crippen LogP contribution in [0.1, 0.15) is 23.7 Å². The van der Waals surface area contributed by atoms with Gasteiger partial charge in [-0.1, -0.05) is 13.0 Å². The maximum atomic E-state index is 10.8. The Morgan fingerprint density at radius 3 is 2.50 bits per heavy atom. The number of aromatic carboxylic acids is 1. The molecule has 0 unspecified atom stereocenters. The van der Waals surface area contributed by atoms with Gasteiger partial charge in [-0.3, -0.25) is 0 Å². The predicted octanol–water partition coefficient (Wildman–Crippen LogP) is 1.85. The molecular weight excluding hydrogens is 240 g/mol. The van der Waals surface area contributed by atoms with E-state index in [2.05, 4.69) is 0 Å². The number of benzene rings is 1. The summed E-state index contributed by atoms with van der Waals surface area (Å²) in [7, 11) is 0. The Labute approximate surface area is 103 Å². The first-order chi connectivity index (χ1) is 8.47. The predicted molar refractivity (Wildman–Crippen MR) is 61.7 cm³/mol. The summed E-state index contributed by atoms with van der Waals surface area (Å²) in [6.07, 6.45) is 1.75. The van der Waals surface area contributed by atoms with E-state index in [1.165, 1.54) is 24.3 Å². The molecule has 0 aliphatic rings. The number of carboxylic acids is 2. The van der Waals surface area contributed by atoms with E-state index in [9.17, 15) is 14.7 Å². The van der Waals surface area contributed by atoms with Crippen LogP contribution in [0, 0.1) is 0 Å². The number of carbonyl (C=O) groups is 2. The highest BCUT2D eigenvalue weighted by Gasteiger charge is 2.17. The van der Waals surface area contributed by atoms with E-state index in [1.54, 1.807) is 6.92 Å². The monoisotopic (exact) mass is 252 g/mol. The largest absolute Gasteiger partial charge is 0.504 e. The summed E-state index contributed by atoms with van der Waals surface area (Å²) in [6, 6.07) is 3.83. The summed E-state index contributed by atoms with van der Waals surface area (Å²) in [5.41, 5.74) is -0.353. The molecule has 0 amide bonds. The summed E-state index contributed by atoms with van der Waals surface area (Å²) in [6.45, 7) is 1.72. The second-order valence-corrected chi connectivity index (χ2v) is 3.34. The second kappa shape index (κ2) is 5.72. The maximum absolute atomic E-state index is 10.8. The van der Waals surface area contributed by atoms with Gasteiger partial charge in [0.25, 0.3) is 0 Å². The first kappa shape index (κ1) is 13.6. The van der Waals surface area contributed by atoms with Gasteiger partial charge < -0.3 is 20.1 Å². The van der Waals surface area contributed by atoms with Gasteiger partial charge in [0.2, 0.25) is 5.76 Å². The van der Waals surface area contributed by atoms with Crippen molar-refractivity contribution in [2.75, 3.05) is 0 Å². The smallest absolute Gasteiger partial charge is 0.371 e. The summed E-state index contributed by atoms with van der Waals surface area (Å²) < 4.78 is 4.99. The average molecular weight is 252 g/mol. The normalized spacial score (nSPS) is 11.1. The Kier molecular flexibility index (Phi) is 4.31. The van der Waals surface area contributed by atoms with E-state index in [1.807, 2.05) is 0 Å². The standard InChI is InChI=1S/C12H12O6/c1-2-4-9(12(16)17)18-8-6-3-5-7(10(8)13)11(14)15/h3-6,13H,2H2,1H3,(H,14,15)(H,16,17). The van der Waals surface area contributed by atoms with Gasteiger partial charge in [0.1, 0.15) is 5.56 Å². The van der Waals surface area contributed by atoms with Crippen molar-refractivity contribution < 1.29 is 29.6 Å². The summed E-state index contributed by atoms with van der Waals surface area (Å²) in [5.74, 6) is -3.80. The number of ether oxygens (including phenoxy) is 1. The number of phenols is 1. The molecule has 0 aromatic heterocycles. The molecular formula is C12H12O6.